The highest BCUT2D eigenvalue weighted by molar-refractivity contribution is 5.28. The Balaban J connectivity index is 2.31. The van der Waals surface area contributed by atoms with Gasteiger partial charge in [-0.05, 0) is 18.4 Å². The van der Waals surface area contributed by atoms with Gasteiger partial charge >= 0.3 is 0 Å². The Morgan fingerprint density at radius 1 is 1.33 bits per heavy atom. The summed E-state index contributed by atoms with van der Waals surface area (Å²) in [5.41, 5.74) is 1.30. The van der Waals surface area contributed by atoms with Gasteiger partial charge in [0.15, 0.2) is 0 Å². The molecular weight excluding hydrogens is 148 g/mol. The lowest BCUT2D eigenvalue weighted by atomic mass is 9.63. The molecule has 0 heterocycles. The van der Waals surface area contributed by atoms with Gasteiger partial charge in [0, 0.05) is 5.41 Å². The van der Waals surface area contributed by atoms with Gasteiger partial charge in [0.1, 0.15) is 0 Å². The molecule has 1 heteroatoms. The maximum absolute atomic E-state index is 9.62. The fourth-order valence-corrected chi connectivity index (χ4v) is 1.86. The van der Waals surface area contributed by atoms with Gasteiger partial charge in [-0.3, -0.25) is 0 Å². The highest BCUT2D eigenvalue weighted by atomic mass is 16.3. The Kier molecular flexibility index (Phi) is 1.69. The molecule has 2 rings (SSSR count). The van der Waals surface area contributed by atoms with E-state index in [1.807, 2.05) is 18.2 Å². The summed E-state index contributed by atoms with van der Waals surface area (Å²) in [7, 11) is 0. The van der Waals surface area contributed by atoms with Crippen LogP contribution in [0.4, 0.5) is 0 Å². The SMILES string of the molecule is C[C@@]1(c2ccccc2)CC[C@H]1O. The summed E-state index contributed by atoms with van der Waals surface area (Å²) < 4.78 is 0. The molecule has 0 aromatic heterocycles. The molecular formula is C11H14O. The van der Waals surface area contributed by atoms with Crippen molar-refractivity contribution in [3.63, 3.8) is 0 Å². The predicted octanol–water partition coefficient (Wildman–Crippen LogP) is 2.10. The Hall–Kier alpha value is -0.820. The molecule has 12 heavy (non-hydrogen) atoms. The molecule has 1 aliphatic rings. The first-order chi connectivity index (χ1) is 5.73. The topological polar surface area (TPSA) is 20.2 Å². The minimum absolute atomic E-state index is 0.0290. The molecule has 1 aromatic carbocycles. The first-order valence-corrected chi connectivity index (χ1v) is 4.47. The van der Waals surface area contributed by atoms with Gasteiger partial charge in [-0.1, -0.05) is 37.3 Å². The van der Waals surface area contributed by atoms with Gasteiger partial charge in [0.05, 0.1) is 6.10 Å². The van der Waals surface area contributed by atoms with E-state index in [0.29, 0.717) is 0 Å². The van der Waals surface area contributed by atoms with Crippen LogP contribution in [0.15, 0.2) is 30.3 Å². The normalized spacial score (nSPS) is 34.3. The van der Waals surface area contributed by atoms with Gasteiger partial charge < -0.3 is 5.11 Å². The van der Waals surface area contributed by atoms with Gasteiger partial charge in [-0.15, -0.1) is 0 Å². The van der Waals surface area contributed by atoms with E-state index in [2.05, 4.69) is 19.1 Å². The fraction of sp³-hybridized carbons (Fsp3) is 0.455. The number of hydrogen-bond acceptors (Lipinski definition) is 1. The smallest absolute Gasteiger partial charge is 0.0634 e. The Morgan fingerprint density at radius 2 is 2.00 bits per heavy atom. The van der Waals surface area contributed by atoms with Crippen LogP contribution in [0.2, 0.25) is 0 Å². The van der Waals surface area contributed by atoms with E-state index in [9.17, 15) is 5.11 Å². The second-order valence-electron chi connectivity index (χ2n) is 3.84. The summed E-state index contributed by atoms with van der Waals surface area (Å²) in [5.74, 6) is 0. The number of aliphatic hydroxyl groups excluding tert-OH is 1. The van der Waals surface area contributed by atoms with Crippen molar-refractivity contribution in [1.82, 2.24) is 0 Å². The van der Waals surface area contributed by atoms with Crippen molar-refractivity contribution in [2.45, 2.75) is 31.3 Å². The number of hydrogen-bond donors (Lipinski definition) is 1. The molecule has 0 radical (unpaired) electrons. The van der Waals surface area contributed by atoms with Crippen LogP contribution in [0.1, 0.15) is 25.3 Å². The van der Waals surface area contributed by atoms with Gasteiger partial charge in [0.2, 0.25) is 0 Å². The van der Waals surface area contributed by atoms with Gasteiger partial charge in [-0.25, -0.2) is 0 Å². The minimum Gasteiger partial charge on any atom is -0.392 e. The quantitative estimate of drug-likeness (QED) is 0.670. The second-order valence-corrected chi connectivity index (χ2v) is 3.84. The van der Waals surface area contributed by atoms with Crippen LogP contribution in [-0.4, -0.2) is 11.2 Å². The van der Waals surface area contributed by atoms with Gasteiger partial charge in [0.25, 0.3) is 0 Å². The van der Waals surface area contributed by atoms with Crippen LogP contribution in [0.3, 0.4) is 0 Å². The summed E-state index contributed by atoms with van der Waals surface area (Å²) in [6.45, 7) is 2.14. The Bertz CT molecular complexity index is 268. The third-order valence-corrected chi connectivity index (χ3v) is 3.11. The van der Waals surface area contributed by atoms with E-state index in [0.717, 1.165) is 12.8 Å². The highest BCUT2D eigenvalue weighted by Crippen LogP contribution is 2.43. The van der Waals surface area contributed by atoms with Crippen LogP contribution in [0.5, 0.6) is 0 Å². The van der Waals surface area contributed by atoms with Crippen molar-refractivity contribution in [1.29, 1.82) is 0 Å². The van der Waals surface area contributed by atoms with Crippen LogP contribution < -0.4 is 0 Å². The lowest BCUT2D eigenvalue weighted by Gasteiger charge is -2.44. The number of aliphatic hydroxyl groups is 1. The van der Waals surface area contributed by atoms with E-state index in [1.165, 1.54) is 5.56 Å². The zero-order valence-electron chi connectivity index (χ0n) is 7.33. The number of rotatable bonds is 1. The third-order valence-electron chi connectivity index (χ3n) is 3.11. The molecule has 1 aromatic rings. The molecule has 0 amide bonds. The Morgan fingerprint density at radius 3 is 2.42 bits per heavy atom. The van der Waals surface area contributed by atoms with Crippen molar-refractivity contribution in [2.75, 3.05) is 0 Å². The minimum atomic E-state index is -0.139. The van der Waals surface area contributed by atoms with Crippen molar-refractivity contribution in [2.24, 2.45) is 0 Å². The summed E-state index contributed by atoms with van der Waals surface area (Å²) in [6, 6.07) is 10.3. The molecule has 1 N–H and O–H groups in total. The van der Waals surface area contributed by atoms with E-state index >= 15 is 0 Å². The summed E-state index contributed by atoms with van der Waals surface area (Å²) in [5, 5.41) is 9.62. The van der Waals surface area contributed by atoms with E-state index in [-0.39, 0.29) is 11.5 Å². The molecule has 2 atom stereocenters. The third kappa shape index (κ3) is 0.969. The molecule has 1 fully saturated rings. The molecule has 64 valence electrons. The second kappa shape index (κ2) is 2.60. The molecule has 0 bridgehead atoms. The van der Waals surface area contributed by atoms with Crippen LogP contribution in [0, 0.1) is 0 Å². The lowest BCUT2D eigenvalue weighted by Crippen LogP contribution is -2.46. The molecule has 1 saturated carbocycles. The summed E-state index contributed by atoms with van der Waals surface area (Å²) >= 11 is 0. The van der Waals surface area contributed by atoms with Crippen molar-refractivity contribution in [3.05, 3.63) is 35.9 Å². The first-order valence-electron chi connectivity index (χ1n) is 4.47. The summed E-state index contributed by atoms with van der Waals surface area (Å²) in [6.07, 6.45) is 1.92. The zero-order chi connectivity index (χ0) is 8.60. The fourth-order valence-electron chi connectivity index (χ4n) is 1.86. The molecule has 1 aliphatic carbocycles. The predicted molar refractivity (Wildman–Crippen MR) is 49.0 cm³/mol. The van der Waals surface area contributed by atoms with Gasteiger partial charge in [-0.2, -0.15) is 0 Å². The first kappa shape index (κ1) is 7.81. The lowest BCUT2D eigenvalue weighted by molar-refractivity contribution is 0.00421. The molecule has 0 spiro atoms. The van der Waals surface area contributed by atoms with Crippen LogP contribution in [-0.2, 0) is 5.41 Å². The highest BCUT2D eigenvalue weighted by Gasteiger charge is 2.42. The largest absolute Gasteiger partial charge is 0.392 e. The van der Waals surface area contributed by atoms with Crippen LogP contribution in [0.25, 0.3) is 0 Å². The summed E-state index contributed by atoms with van der Waals surface area (Å²) in [4.78, 5) is 0. The van der Waals surface area contributed by atoms with E-state index < -0.39 is 0 Å². The monoisotopic (exact) mass is 162 g/mol. The van der Waals surface area contributed by atoms with Crippen molar-refractivity contribution >= 4 is 0 Å². The van der Waals surface area contributed by atoms with E-state index in [1.54, 1.807) is 0 Å². The maximum atomic E-state index is 9.62. The standard InChI is InChI=1S/C11H14O/c1-11(8-7-10(11)12)9-5-3-2-4-6-9/h2-6,10,12H,7-8H2,1H3/t10-,11+/m1/s1. The molecule has 0 aliphatic heterocycles. The maximum Gasteiger partial charge on any atom is 0.0634 e. The average molecular weight is 162 g/mol. The Labute approximate surface area is 73.0 Å². The number of benzene rings is 1. The van der Waals surface area contributed by atoms with Crippen molar-refractivity contribution in [3.8, 4) is 0 Å². The van der Waals surface area contributed by atoms with Crippen molar-refractivity contribution < 1.29 is 5.11 Å². The molecule has 1 nitrogen and oxygen atoms in total. The average Bonchev–Trinajstić information content (AvgIpc) is 2.16. The zero-order valence-corrected chi connectivity index (χ0v) is 7.33. The van der Waals surface area contributed by atoms with E-state index in [4.69, 9.17) is 0 Å². The van der Waals surface area contributed by atoms with Crippen LogP contribution >= 0.6 is 0 Å². The molecule has 0 unspecified atom stereocenters. The molecule has 0 saturated heterocycles.